The molecule has 17 heavy (non-hydrogen) atoms. The standard InChI is InChI=1S/C14H15FOS/c1-2-11-7-8-17-14(11)13(16)9-10-3-5-12(15)6-4-10/h3-8,13,16H,2,9H2,1H3. The number of hydrogen-bond donors (Lipinski definition) is 1. The number of hydrogen-bond acceptors (Lipinski definition) is 2. The van der Waals surface area contributed by atoms with E-state index in [4.69, 9.17) is 0 Å². The summed E-state index contributed by atoms with van der Waals surface area (Å²) in [5.74, 6) is -0.242. The van der Waals surface area contributed by atoms with Gasteiger partial charge in [-0.15, -0.1) is 11.3 Å². The first-order valence-corrected chi connectivity index (χ1v) is 6.57. The molecule has 1 unspecified atom stereocenters. The summed E-state index contributed by atoms with van der Waals surface area (Å²) in [4.78, 5) is 1.02. The van der Waals surface area contributed by atoms with Gasteiger partial charge in [0.2, 0.25) is 0 Å². The van der Waals surface area contributed by atoms with E-state index in [1.54, 1.807) is 23.5 Å². The lowest BCUT2D eigenvalue weighted by Crippen LogP contribution is -2.02. The van der Waals surface area contributed by atoms with Crippen molar-refractivity contribution in [1.82, 2.24) is 0 Å². The fraction of sp³-hybridized carbons (Fsp3) is 0.286. The molecule has 0 saturated heterocycles. The monoisotopic (exact) mass is 250 g/mol. The normalized spacial score (nSPS) is 12.6. The lowest BCUT2D eigenvalue weighted by molar-refractivity contribution is 0.181. The zero-order chi connectivity index (χ0) is 12.3. The predicted molar refractivity (Wildman–Crippen MR) is 68.8 cm³/mol. The van der Waals surface area contributed by atoms with Crippen LogP contribution in [0.4, 0.5) is 4.39 Å². The van der Waals surface area contributed by atoms with Crippen molar-refractivity contribution >= 4 is 11.3 Å². The van der Waals surface area contributed by atoms with Gasteiger partial charge in [0.25, 0.3) is 0 Å². The van der Waals surface area contributed by atoms with Crippen molar-refractivity contribution in [1.29, 1.82) is 0 Å². The van der Waals surface area contributed by atoms with Crippen LogP contribution in [0.15, 0.2) is 35.7 Å². The minimum absolute atomic E-state index is 0.242. The van der Waals surface area contributed by atoms with Gasteiger partial charge in [0.1, 0.15) is 5.82 Å². The molecule has 0 aliphatic rings. The van der Waals surface area contributed by atoms with Gasteiger partial charge in [0.05, 0.1) is 6.10 Å². The molecule has 0 radical (unpaired) electrons. The Bertz CT molecular complexity index is 475. The predicted octanol–water partition coefficient (Wildman–Crippen LogP) is 3.73. The van der Waals surface area contributed by atoms with E-state index in [0.717, 1.165) is 16.9 Å². The molecule has 1 aromatic heterocycles. The molecular weight excluding hydrogens is 235 g/mol. The van der Waals surface area contributed by atoms with E-state index in [9.17, 15) is 9.50 Å². The van der Waals surface area contributed by atoms with E-state index in [2.05, 4.69) is 6.92 Å². The maximum Gasteiger partial charge on any atom is 0.123 e. The molecule has 0 saturated carbocycles. The summed E-state index contributed by atoms with van der Waals surface area (Å²) in [6.45, 7) is 2.08. The third kappa shape index (κ3) is 2.93. The molecule has 1 atom stereocenters. The average Bonchev–Trinajstić information content (AvgIpc) is 2.80. The summed E-state index contributed by atoms with van der Waals surface area (Å²) >= 11 is 1.58. The van der Waals surface area contributed by atoms with Crippen LogP contribution in [0.5, 0.6) is 0 Å². The third-order valence-electron chi connectivity index (χ3n) is 2.81. The molecule has 2 rings (SSSR count). The van der Waals surface area contributed by atoms with Crippen LogP contribution in [0.25, 0.3) is 0 Å². The van der Waals surface area contributed by atoms with Crippen LogP contribution in [0, 0.1) is 5.82 Å². The number of aryl methyl sites for hydroxylation is 1. The Morgan fingerprint density at radius 3 is 2.59 bits per heavy atom. The van der Waals surface area contributed by atoms with Gasteiger partial charge in [-0.3, -0.25) is 0 Å². The number of aliphatic hydroxyl groups is 1. The van der Waals surface area contributed by atoms with Crippen LogP contribution in [0.1, 0.15) is 29.0 Å². The van der Waals surface area contributed by atoms with Crippen LogP contribution in [0.3, 0.4) is 0 Å². The number of aliphatic hydroxyl groups excluding tert-OH is 1. The van der Waals surface area contributed by atoms with Gasteiger partial charge in [-0.05, 0) is 41.1 Å². The first-order valence-electron chi connectivity index (χ1n) is 5.69. The van der Waals surface area contributed by atoms with Crippen LogP contribution in [0.2, 0.25) is 0 Å². The highest BCUT2D eigenvalue weighted by Crippen LogP contribution is 2.27. The molecule has 0 bridgehead atoms. The first kappa shape index (κ1) is 12.3. The Kier molecular flexibility index (Phi) is 3.92. The van der Waals surface area contributed by atoms with Gasteiger partial charge in [0, 0.05) is 11.3 Å². The Labute approximate surface area is 105 Å². The van der Waals surface area contributed by atoms with Crippen molar-refractivity contribution in [3.8, 4) is 0 Å². The Hall–Kier alpha value is -1.19. The second kappa shape index (κ2) is 5.43. The largest absolute Gasteiger partial charge is 0.387 e. The van der Waals surface area contributed by atoms with Crippen molar-refractivity contribution in [3.63, 3.8) is 0 Å². The molecule has 0 amide bonds. The maximum absolute atomic E-state index is 12.8. The van der Waals surface area contributed by atoms with Gasteiger partial charge in [-0.1, -0.05) is 19.1 Å². The molecule has 0 spiro atoms. The maximum atomic E-state index is 12.8. The SMILES string of the molecule is CCc1ccsc1C(O)Cc1ccc(F)cc1. The first-order chi connectivity index (χ1) is 8.20. The highest BCUT2D eigenvalue weighted by Gasteiger charge is 2.13. The van der Waals surface area contributed by atoms with E-state index in [1.807, 2.05) is 11.4 Å². The van der Waals surface area contributed by atoms with Crippen LogP contribution >= 0.6 is 11.3 Å². The van der Waals surface area contributed by atoms with Crippen molar-refractivity contribution < 1.29 is 9.50 Å². The Balaban J connectivity index is 2.11. The van der Waals surface area contributed by atoms with Gasteiger partial charge < -0.3 is 5.11 Å². The molecule has 1 N–H and O–H groups in total. The summed E-state index contributed by atoms with van der Waals surface area (Å²) in [6.07, 6.45) is 0.975. The molecule has 0 aliphatic carbocycles. The van der Waals surface area contributed by atoms with E-state index in [-0.39, 0.29) is 5.82 Å². The third-order valence-corrected chi connectivity index (χ3v) is 3.87. The Morgan fingerprint density at radius 2 is 1.94 bits per heavy atom. The molecule has 0 fully saturated rings. The van der Waals surface area contributed by atoms with Crippen LogP contribution in [-0.4, -0.2) is 5.11 Å². The fourth-order valence-electron chi connectivity index (χ4n) is 1.87. The molecule has 90 valence electrons. The number of halogens is 1. The quantitative estimate of drug-likeness (QED) is 0.876. The van der Waals surface area contributed by atoms with Gasteiger partial charge in [-0.2, -0.15) is 0 Å². The minimum atomic E-state index is -0.490. The topological polar surface area (TPSA) is 20.2 Å². The number of rotatable bonds is 4. The highest BCUT2D eigenvalue weighted by atomic mass is 32.1. The zero-order valence-electron chi connectivity index (χ0n) is 9.69. The summed E-state index contributed by atoms with van der Waals surface area (Å²) < 4.78 is 12.8. The van der Waals surface area contributed by atoms with Crippen molar-refractivity contribution in [2.75, 3.05) is 0 Å². The highest BCUT2D eigenvalue weighted by molar-refractivity contribution is 7.10. The summed E-state index contributed by atoms with van der Waals surface area (Å²) in [5, 5.41) is 12.2. The van der Waals surface area contributed by atoms with Gasteiger partial charge in [-0.25, -0.2) is 4.39 Å². The molecule has 2 aromatic rings. The van der Waals surface area contributed by atoms with E-state index < -0.39 is 6.10 Å². The second-order valence-electron chi connectivity index (χ2n) is 4.01. The molecule has 3 heteroatoms. The Morgan fingerprint density at radius 1 is 1.24 bits per heavy atom. The van der Waals surface area contributed by atoms with E-state index >= 15 is 0 Å². The van der Waals surface area contributed by atoms with E-state index in [0.29, 0.717) is 6.42 Å². The smallest absolute Gasteiger partial charge is 0.123 e. The van der Waals surface area contributed by atoms with E-state index in [1.165, 1.54) is 17.7 Å². The fourth-order valence-corrected chi connectivity index (χ4v) is 2.85. The van der Waals surface area contributed by atoms with Gasteiger partial charge in [0.15, 0.2) is 0 Å². The molecule has 1 nitrogen and oxygen atoms in total. The summed E-state index contributed by atoms with van der Waals surface area (Å²) in [6, 6.07) is 8.35. The minimum Gasteiger partial charge on any atom is -0.387 e. The summed E-state index contributed by atoms with van der Waals surface area (Å²) in [7, 11) is 0. The number of benzene rings is 1. The van der Waals surface area contributed by atoms with Crippen LogP contribution in [-0.2, 0) is 12.8 Å². The zero-order valence-corrected chi connectivity index (χ0v) is 10.5. The van der Waals surface area contributed by atoms with Crippen molar-refractivity contribution in [3.05, 3.63) is 57.5 Å². The lowest BCUT2D eigenvalue weighted by atomic mass is 10.0. The molecule has 1 heterocycles. The van der Waals surface area contributed by atoms with Crippen molar-refractivity contribution in [2.24, 2.45) is 0 Å². The molecular formula is C14H15FOS. The second-order valence-corrected chi connectivity index (χ2v) is 4.96. The van der Waals surface area contributed by atoms with Gasteiger partial charge >= 0.3 is 0 Å². The van der Waals surface area contributed by atoms with Crippen molar-refractivity contribution in [2.45, 2.75) is 25.9 Å². The molecule has 0 aliphatic heterocycles. The molecule has 1 aromatic carbocycles. The van der Waals surface area contributed by atoms with Crippen LogP contribution < -0.4 is 0 Å². The number of thiophene rings is 1. The lowest BCUT2D eigenvalue weighted by Gasteiger charge is -2.11. The average molecular weight is 250 g/mol. The summed E-state index contributed by atoms with van der Waals surface area (Å²) in [5.41, 5.74) is 2.15.